The zero-order valence-electron chi connectivity index (χ0n) is 17.2. The van der Waals surface area contributed by atoms with Crippen LogP contribution in [0.2, 0.25) is 0 Å². The topological polar surface area (TPSA) is 83.8 Å². The summed E-state index contributed by atoms with van der Waals surface area (Å²) in [6, 6.07) is 0. The van der Waals surface area contributed by atoms with Crippen LogP contribution in [0, 0.1) is 23.7 Å². The summed E-state index contributed by atoms with van der Waals surface area (Å²) in [5, 5.41) is 16.8. The second-order valence-corrected chi connectivity index (χ2v) is 7.89. The summed E-state index contributed by atoms with van der Waals surface area (Å²) in [4.78, 5) is 20.0. The highest BCUT2D eigenvalue weighted by Gasteiger charge is 2.30. The van der Waals surface area contributed by atoms with Crippen molar-refractivity contribution >= 4 is 11.9 Å². The molecule has 0 aromatic heterocycles. The fourth-order valence-corrected chi connectivity index (χ4v) is 3.67. The van der Waals surface area contributed by atoms with Gasteiger partial charge < -0.3 is 14.9 Å². The number of hydrogen-bond donors (Lipinski definition) is 2. The van der Waals surface area contributed by atoms with Crippen molar-refractivity contribution in [1.82, 2.24) is 0 Å². The molecule has 1 fully saturated rings. The Kier molecular flexibility index (Phi) is 10.4. The number of carbonyl (C=O) groups excluding carboxylic acids is 1. The quantitative estimate of drug-likeness (QED) is 0.696. The number of carboxylic acid groups (broad SMARTS) is 1. The normalized spacial score (nSPS) is 29.3. The average molecular weight is 381 g/mol. The van der Waals surface area contributed by atoms with Crippen LogP contribution in [0.15, 0.2) is 23.8 Å². The van der Waals surface area contributed by atoms with Crippen LogP contribution in [0.3, 0.4) is 0 Å². The molecule has 1 saturated heterocycles. The average Bonchev–Trinajstić information content (AvgIpc) is 2.62. The number of aliphatic hydroxyl groups is 1. The van der Waals surface area contributed by atoms with E-state index in [2.05, 4.69) is 36.8 Å². The molecule has 0 bridgehead atoms. The Morgan fingerprint density at radius 1 is 1.33 bits per heavy atom. The molecule has 0 aromatic carbocycles. The van der Waals surface area contributed by atoms with Crippen molar-refractivity contribution in [1.29, 1.82) is 0 Å². The molecular formula is C22H36O5. The maximum absolute atomic E-state index is 10.3. The molecule has 5 nitrogen and oxygen atoms in total. The molecule has 0 spiro atoms. The van der Waals surface area contributed by atoms with Gasteiger partial charge in [0, 0.05) is 6.42 Å². The lowest BCUT2D eigenvalue weighted by molar-refractivity contribution is -0.151. The van der Waals surface area contributed by atoms with Crippen molar-refractivity contribution in [2.75, 3.05) is 6.61 Å². The standard InChI is InChI=1S/C13H20.C5H8O3.C4H8O2/c1-3-12-10(2)8-9-11-6-4-5-7-13(11)12;6-4-1-2-8-5(7)3-4;1-3(2)4(5)6/h6,8-10,12-13H,3-5,7H2,1-2H3;4,6H,1-3H2;3H,1-2H3,(H,5,6)/t10?,12?,13-;;/m0../s1. The zero-order chi connectivity index (χ0) is 20.4. The van der Waals surface area contributed by atoms with Crippen LogP contribution in [-0.2, 0) is 14.3 Å². The van der Waals surface area contributed by atoms with E-state index in [4.69, 9.17) is 10.2 Å². The fraction of sp³-hybridized carbons (Fsp3) is 0.727. The number of rotatable bonds is 2. The number of ether oxygens (including phenoxy) is 1. The van der Waals surface area contributed by atoms with Gasteiger partial charge >= 0.3 is 11.9 Å². The number of carboxylic acids is 1. The van der Waals surface area contributed by atoms with Gasteiger partial charge in [0.25, 0.3) is 0 Å². The summed E-state index contributed by atoms with van der Waals surface area (Å²) >= 11 is 0. The minimum Gasteiger partial charge on any atom is -0.481 e. The first-order valence-corrected chi connectivity index (χ1v) is 10.2. The highest BCUT2D eigenvalue weighted by atomic mass is 16.5. The van der Waals surface area contributed by atoms with Crippen LogP contribution in [0.5, 0.6) is 0 Å². The monoisotopic (exact) mass is 380 g/mol. The lowest BCUT2D eigenvalue weighted by Crippen LogP contribution is -2.26. The summed E-state index contributed by atoms with van der Waals surface area (Å²) in [6.45, 7) is 8.37. The summed E-state index contributed by atoms with van der Waals surface area (Å²) < 4.78 is 4.55. The largest absolute Gasteiger partial charge is 0.481 e. The fourth-order valence-electron chi connectivity index (χ4n) is 3.67. The second-order valence-electron chi connectivity index (χ2n) is 7.89. The van der Waals surface area contributed by atoms with Crippen LogP contribution in [0.25, 0.3) is 0 Å². The van der Waals surface area contributed by atoms with Crippen LogP contribution in [-0.4, -0.2) is 34.9 Å². The first-order valence-electron chi connectivity index (χ1n) is 10.2. The number of fused-ring (bicyclic) bond motifs is 1. The Hall–Kier alpha value is -1.62. The molecule has 2 N–H and O–H groups in total. The smallest absolute Gasteiger partial charge is 0.308 e. The first-order chi connectivity index (χ1) is 12.8. The zero-order valence-corrected chi connectivity index (χ0v) is 17.2. The number of carbonyl (C=O) groups is 2. The van der Waals surface area contributed by atoms with E-state index >= 15 is 0 Å². The van der Waals surface area contributed by atoms with Gasteiger partial charge in [0.1, 0.15) is 0 Å². The van der Waals surface area contributed by atoms with Crippen LogP contribution >= 0.6 is 0 Å². The molecule has 1 heterocycles. The van der Waals surface area contributed by atoms with Crippen LogP contribution in [0.1, 0.15) is 66.2 Å². The molecule has 0 aromatic rings. The third kappa shape index (κ3) is 8.29. The number of allylic oxidation sites excluding steroid dienone is 4. The molecule has 3 rings (SSSR count). The first kappa shape index (κ1) is 23.4. The third-order valence-electron chi connectivity index (χ3n) is 5.39. The van der Waals surface area contributed by atoms with Crippen molar-refractivity contribution in [3.8, 4) is 0 Å². The predicted octanol–water partition coefficient (Wildman–Crippen LogP) is 4.36. The molecule has 0 saturated carbocycles. The number of esters is 1. The van der Waals surface area contributed by atoms with Gasteiger partial charge in [0.2, 0.25) is 0 Å². The summed E-state index contributed by atoms with van der Waals surface area (Å²) in [5.74, 6) is 1.34. The van der Waals surface area contributed by atoms with Crippen molar-refractivity contribution in [2.24, 2.45) is 23.7 Å². The highest BCUT2D eigenvalue weighted by molar-refractivity contribution is 5.70. The van der Waals surface area contributed by atoms with Gasteiger partial charge in [-0.05, 0) is 42.6 Å². The highest BCUT2D eigenvalue weighted by Crippen LogP contribution is 2.41. The van der Waals surface area contributed by atoms with Crippen molar-refractivity contribution in [3.63, 3.8) is 0 Å². The van der Waals surface area contributed by atoms with E-state index in [1.165, 1.54) is 25.7 Å². The Balaban J connectivity index is 0.000000224. The maximum atomic E-state index is 10.3. The summed E-state index contributed by atoms with van der Waals surface area (Å²) in [6.07, 6.45) is 13.0. The lowest BCUT2D eigenvalue weighted by Gasteiger charge is -2.36. The molecule has 3 aliphatic rings. The van der Waals surface area contributed by atoms with Gasteiger partial charge in [-0.2, -0.15) is 0 Å². The van der Waals surface area contributed by atoms with Crippen molar-refractivity contribution in [3.05, 3.63) is 23.8 Å². The van der Waals surface area contributed by atoms with E-state index in [1.54, 1.807) is 19.4 Å². The molecule has 5 heteroatoms. The number of hydrogen-bond acceptors (Lipinski definition) is 4. The van der Waals surface area contributed by atoms with E-state index in [0.29, 0.717) is 13.0 Å². The van der Waals surface area contributed by atoms with E-state index in [0.717, 1.165) is 17.8 Å². The molecule has 3 unspecified atom stereocenters. The van der Waals surface area contributed by atoms with E-state index < -0.39 is 12.1 Å². The number of aliphatic hydroxyl groups excluding tert-OH is 1. The van der Waals surface area contributed by atoms with Crippen molar-refractivity contribution < 1.29 is 24.5 Å². The minimum absolute atomic E-state index is 0.167. The van der Waals surface area contributed by atoms with Gasteiger partial charge in [-0.1, -0.05) is 52.3 Å². The van der Waals surface area contributed by atoms with Gasteiger partial charge in [-0.25, -0.2) is 0 Å². The lowest BCUT2D eigenvalue weighted by atomic mass is 9.69. The summed E-state index contributed by atoms with van der Waals surface area (Å²) in [7, 11) is 0. The molecule has 0 radical (unpaired) electrons. The van der Waals surface area contributed by atoms with E-state index in [9.17, 15) is 9.59 Å². The molecule has 2 aliphatic carbocycles. The molecule has 0 amide bonds. The predicted molar refractivity (Wildman–Crippen MR) is 106 cm³/mol. The van der Waals surface area contributed by atoms with E-state index in [1.807, 2.05) is 0 Å². The van der Waals surface area contributed by atoms with Crippen LogP contribution < -0.4 is 0 Å². The summed E-state index contributed by atoms with van der Waals surface area (Å²) in [5.41, 5.74) is 1.64. The van der Waals surface area contributed by atoms with Gasteiger partial charge in [-0.15, -0.1) is 0 Å². The number of cyclic esters (lactones) is 1. The van der Waals surface area contributed by atoms with Gasteiger partial charge in [0.05, 0.1) is 25.0 Å². The molecule has 4 atom stereocenters. The molecular weight excluding hydrogens is 344 g/mol. The van der Waals surface area contributed by atoms with Crippen LogP contribution in [0.4, 0.5) is 0 Å². The van der Waals surface area contributed by atoms with Crippen molar-refractivity contribution in [2.45, 2.75) is 72.3 Å². The van der Waals surface area contributed by atoms with Gasteiger partial charge in [0.15, 0.2) is 0 Å². The SMILES string of the molecule is CC(C)C(=O)O.CCC1C(C)C=CC2=CCCC[C@@H]21.O=C1CC(O)CCO1. The van der Waals surface area contributed by atoms with E-state index in [-0.39, 0.29) is 18.3 Å². The molecule has 1 aliphatic heterocycles. The number of aliphatic carboxylic acids is 1. The molecule has 27 heavy (non-hydrogen) atoms. The Bertz CT molecular complexity index is 535. The minimum atomic E-state index is -0.741. The van der Waals surface area contributed by atoms with Gasteiger partial charge in [-0.3, -0.25) is 9.59 Å². The molecule has 154 valence electrons. The third-order valence-corrected chi connectivity index (χ3v) is 5.39. The second kappa shape index (κ2) is 12.0. The Morgan fingerprint density at radius 2 is 2.00 bits per heavy atom. The Labute approximate surface area is 163 Å². The Morgan fingerprint density at radius 3 is 2.48 bits per heavy atom. The maximum Gasteiger partial charge on any atom is 0.308 e.